The third-order valence-electron chi connectivity index (χ3n) is 4.70. The number of anilines is 3. The summed E-state index contributed by atoms with van der Waals surface area (Å²) in [5.41, 5.74) is 1.63. The van der Waals surface area contributed by atoms with Crippen LogP contribution in [0, 0.1) is 5.82 Å². The summed E-state index contributed by atoms with van der Waals surface area (Å²) < 4.78 is 18.8. The van der Waals surface area contributed by atoms with Crippen LogP contribution in [-0.2, 0) is 0 Å². The van der Waals surface area contributed by atoms with Crippen LogP contribution >= 0.6 is 11.6 Å². The van der Waals surface area contributed by atoms with Crippen LogP contribution in [-0.4, -0.2) is 12.0 Å². The van der Waals surface area contributed by atoms with Crippen molar-refractivity contribution in [2.24, 2.45) is 0 Å². The van der Waals surface area contributed by atoms with Crippen molar-refractivity contribution < 1.29 is 18.7 Å². The molecule has 4 aromatic rings. The maximum atomic E-state index is 13.3. The minimum atomic E-state index is -0.703. The van der Waals surface area contributed by atoms with Crippen molar-refractivity contribution in [2.75, 3.05) is 10.2 Å². The van der Waals surface area contributed by atoms with Gasteiger partial charge in [0.25, 0.3) is 5.91 Å². The summed E-state index contributed by atoms with van der Waals surface area (Å²) >= 11 is 6.10. The van der Waals surface area contributed by atoms with Crippen LogP contribution < -0.4 is 15.0 Å². The molecule has 0 fully saturated rings. The molecule has 2 amide bonds. The molecule has 4 aromatic carbocycles. The second kappa shape index (κ2) is 9.97. The van der Waals surface area contributed by atoms with Crippen molar-refractivity contribution in [1.82, 2.24) is 0 Å². The Hall–Kier alpha value is -4.16. The maximum absolute atomic E-state index is 13.3. The molecule has 0 unspecified atom stereocenters. The maximum Gasteiger partial charge on any atom is 0.424 e. The summed E-state index contributed by atoms with van der Waals surface area (Å²) in [5, 5.41) is 2.94. The van der Waals surface area contributed by atoms with Crippen LogP contribution in [0.5, 0.6) is 5.75 Å². The van der Waals surface area contributed by atoms with E-state index in [4.69, 9.17) is 16.3 Å². The molecule has 7 heteroatoms. The van der Waals surface area contributed by atoms with Crippen molar-refractivity contribution in [3.05, 3.63) is 120 Å². The molecule has 5 nitrogen and oxygen atoms in total. The zero-order valence-corrected chi connectivity index (χ0v) is 18.0. The molecule has 1 N–H and O–H groups in total. The van der Waals surface area contributed by atoms with Crippen LogP contribution in [0.1, 0.15) is 10.4 Å². The first-order valence-electron chi connectivity index (χ1n) is 10.00. The Morgan fingerprint density at radius 3 is 1.94 bits per heavy atom. The van der Waals surface area contributed by atoms with Crippen molar-refractivity contribution in [3.8, 4) is 5.75 Å². The molecule has 0 aliphatic carbocycles. The zero-order valence-electron chi connectivity index (χ0n) is 17.2. The van der Waals surface area contributed by atoms with E-state index >= 15 is 0 Å². The molecular weight excluding hydrogens is 443 g/mol. The second-order valence-corrected chi connectivity index (χ2v) is 7.41. The van der Waals surface area contributed by atoms with Gasteiger partial charge in [-0.1, -0.05) is 48.0 Å². The van der Waals surface area contributed by atoms with Gasteiger partial charge in [-0.2, -0.15) is 0 Å². The van der Waals surface area contributed by atoms with Crippen LogP contribution in [0.25, 0.3) is 0 Å². The molecule has 0 aliphatic heterocycles. The fourth-order valence-electron chi connectivity index (χ4n) is 3.15. The van der Waals surface area contributed by atoms with Crippen molar-refractivity contribution >= 4 is 40.7 Å². The lowest BCUT2D eigenvalue weighted by Crippen LogP contribution is -2.29. The molecule has 4 rings (SSSR count). The lowest BCUT2D eigenvalue weighted by Gasteiger charge is -2.23. The normalized spacial score (nSPS) is 10.4. The number of nitrogens with one attached hydrogen (secondary N) is 1. The number of benzene rings is 4. The summed E-state index contributed by atoms with van der Waals surface area (Å²) in [5.74, 6) is -0.953. The monoisotopic (exact) mass is 460 g/mol. The molecule has 0 spiro atoms. The number of rotatable bonds is 5. The minimum Gasteiger partial charge on any atom is -0.409 e. The average molecular weight is 461 g/mol. The smallest absolute Gasteiger partial charge is 0.409 e. The summed E-state index contributed by atoms with van der Waals surface area (Å²) in [6.07, 6.45) is -0.703. The number of hydrogen-bond acceptors (Lipinski definition) is 3. The highest BCUT2D eigenvalue weighted by Crippen LogP contribution is 2.29. The molecule has 33 heavy (non-hydrogen) atoms. The van der Waals surface area contributed by atoms with Gasteiger partial charge in [0.2, 0.25) is 0 Å². The van der Waals surface area contributed by atoms with Gasteiger partial charge in [-0.05, 0) is 66.7 Å². The van der Waals surface area contributed by atoms with Crippen LogP contribution in [0.15, 0.2) is 103 Å². The van der Waals surface area contributed by atoms with E-state index in [1.54, 1.807) is 24.3 Å². The summed E-state index contributed by atoms with van der Waals surface area (Å²) in [6.45, 7) is 0. The van der Waals surface area contributed by atoms with Gasteiger partial charge in [0.1, 0.15) is 11.6 Å². The molecule has 164 valence electrons. The van der Waals surface area contributed by atoms with E-state index in [0.717, 1.165) is 0 Å². The molecular formula is C26H18ClFN2O3. The Morgan fingerprint density at radius 2 is 1.36 bits per heavy atom. The van der Waals surface area contributed by atoms with E-state index in [2.05, 4.69) is 5.32 Å². The number of para-hydroxylation sites is 2. The van der Waals surface area contributed by atoms with E-state index < -0.39 is 17.8 Å². The largest absolute Gasteiger partial charge is 0.424 e. The van der Waals surface area contributed by atoms with Crippen molar-refractivity contribution in [2.45, 2.75) is 0 Å². The van der Waals surface area contributed by atoms with Gasteiger partial charge in [0, 0.05) is 10.7 Å². The molecule has 0 saturated carbocycles. The highest BCUT2D eigenvalue weighted by atomic mass is 35.5. The number of carbonyl (C=O) groups is 2. The van der Waals surface area contributed by atoms with Crippen LogP contribution in [0.3, 0.4) is 0 Å². The van der Waals surface area contributed by atoms with E-state index in [1.165, 1.54) is 47.4 Å². The van der Waals surface area contributed by atoms with E-state index in [0.29, 0.717) is 22.1 Å². The van der Waals surface area contributed by atoms with Gasteiger partial charge < -0.3 is 10.1 Å². The number of halogens is 2. The molecule has 0 radical (unpaired) electrons. The van der Waals surface area contributed by atoms with Gasteiger partial charge in [-0.25, -0.2) is 14.1 Å². The molecule has 0 heterocycles. The van der Waals surface area contributed by atoms with Gasteiger partial charge in [0.15, 0.2) is 0 Å². The Kier molecular flexibility index (Phi) is 6.66. The molecule has 0 aliphatic rings. The van der Waals surface area contributed by atoms with Crippen molar-refractivity contribution in [3.63, 3.8) is 0 Å². The van der Waals surface area contributed by atoms with Crippen LogP contribution in [0.4, 0.5) is 26.2 Å². The number of ether oxygens (including phenoxy) is 1. The van der Waals surface area contributed by atoms with E-state index in [9.17, 15) is 14.0 Å². The lowest BCUT2D eigenvalue weighted by atomic mass is 10.1. The lowest BCUT2D eigenvalue weighted by molar-refractivity contribution is 0.102. The first kappa shape index (κ1) is 22.0. The first-order chi connectivity index (χ1) is 16.0. The summed E-state index contributed by atoms with van der Waals surface area (Å²) in [4.78, 5) is 27.6. The standard InChI is InChI=1S/C26H18ClFN2O3/c27-18-11-16-24(23(17-18)25(31)29-20-14-12-19(28)13-15-20)33-26(32)30(21-7-3-1-4-8-21)22-9-5-2-6-10-22/h1-17H,(H,29,31). The number of carbonyl (C=O) groups excluding carboxylic acids is 2. The number of amides is 2. The third kappa shape index (κ3) is 5.37. The number of hydrogen-bond donors (Lipinski definition) is 1. The molecule has 0 aromatic heterocycles. The average Bonchev–Trinajstić information content (AvgIpc) is 2.83. The minimum absolute atomic E-state index is 0.0286. The van der Waals surface area contributed by atoms with Gasteiger partial charge in [-0.15, -0.1) is 0 Å². The summed E-state index contributed by atoms with van der Waals surface area (Å²) in [7, 11) is 0. The first-order valence-corrected chi connectivity index (χ1v) is 10.4. The highest BCUT2D eigenvalue weighted by molar-refractivity contribution is 6.31. The fourth-order valence-corrected chi connectivity index (χ4v) is 3.33. The SMILES string of the molecule is O=C(Nc1ccc(F)cc1)c1cc(Cl)ccc1OC(=O)N(c1ccccc1)c1ccccc1. The zero-order chi connectivity index (χ0) is 23.2. The van der Waals surface area contributed by atoms with Gasteiger partial charge in [0.05, 0.1) is 16.9 Å². The molecule has 0 saturated heterocycles. The highest BCUT2D eigenvalue weighted by Gasteiger charge is 2.23. The topological polar surface area (TPSA) is 58.6 Å². The Morgan fingerprint density at radius 1 is 0.788 bits per heavy atom. The predicted octanol–water partition coefficient (Wildman–Crippen LogP) is 7.07. The third-order valence-corrected chi connectivity index (χ3v) is 4.93. The Balaban J connectivity index is 1.64. The van der Waals surface area contributed by atoms with Gasteiger partial charge >= 0.3 is 6.09 Å². The number of nitrogens with zero attached hydrogens (tertiary/aromatic N) is 1. The summed E-state index contributed by atoms with van der Waals surface area (Å²) in [6, 6.07) is 27.7. The second-order valence-electron chi connectivity index (χ2n) is 6.98. The van der Waals surface area contributed by atoms with E-state index in [1.807, 2.05) is 36.4 Å². The van der Waals surface area contributed by atoms with Crippen molar-refractivity contribution in [1.29, 1.82) is 0 Å². The predicted molar refractivity (Wildman–Crippen MR) is 127 cm³/mol. The fraction of sp³-hybridized carbons (Fsp3) is 0. The molecule has 0 bridgehead atoms. The quantitative estimate of drug-likeness (QED) is 0.346. The van der Waals surface area contributed by atoms with E-state index in [-0.39, 0.29) is 11.3 Å². The Labute approximate surface area is 195 Å². The van der Waals surface area contributed by atoms with Crippen LogP contribution in [0.2, 0.25) is 5.02 Å². The Bertz CT molecular complexity index is 1230. The molecule has 0 atom stereocenters. The van der Waals surface area contributed by atoms with Gasteiger partial charge in [-0.3, -0.25) is 4.79 Å².